The fourth-order valence-electron chi connectivity index (χ4n) is 1.66. The van der Waals surface area contributed by atoms with Crippen LogP contribution in [0.5, 0.6) is 0 Å². The first-order valence-electron chi connectivity index (χ1n) is 7.40. The number of nitrogens with zero attached hydrogens (tertiary/aromatic N) is 1. The van der Waals surface area contributed by atoms with Crippen molar-refractivity contribution in [1.29, 1.82) is 0 Å². The fourth-order valence-corrected chi connectivity index (χ4v) is 1.66. The van der Waals surface area contributed by atoms with Crippen LogP contribution in [0.1, 0.15) is 26.3 Å². The maximum absolute atomic E-state index is 11.6. The number of likely N-dealkylation sites (N-methyl/N-ethyl adjacent to an activating group) is 1. The van der Waals surface area contributed by atoms with Gasteiger partial charge in [-0.2, -0.15) is 6.41 Å². The number of carbonyl (C=O) groups is 2. The number of hydrogen-bond acceptors (Lipinski definition) is 5. The maximum Gasteiger partial charge on any atom is 0.320 e. The Kier molecular flexibility index (Phi) is 11.5. The van der Waals surface area contributed by atoms with Crippen molar-refractivity contribution in [3.05, 3.63) is 35.9 Å². The monoisotopic (exact) mass is 594 g/mol. The molecule has 0 radical (unpaired) electrons. The molecule has 0 aromatic heterocycles. The summed E-state index contributed by atoms with van der Waals surface area (Å²) in [4.78, 5) is 32.3. The number of esters is 1. The van der Waals surface area contributed by atoms with Gasteiger partial charge in [-0.3, -0.25) is 14.5 Å². The van der Waals surface area contributed by atoms with Gasteiger partial charge in [0.1, 0.15) is 5.60 Å². The largest absolute Gasteiger partial charge is 0.521 e. The van der Waals surface area contributed by atoms with Gasteiger partial charge < -0.3 is 20.0 Å². The number of carboxylic acid groups (broad SMARTS) is 1. The molecule has 1 aromatic carbocycles. The van der Waals surface area contributed by atoms with Gasteiger partial charge in [-0.05, 0) is 33.4 Å². The summed E-state index contributed by atoms with van der Waals surface area (Å²) >= 11 is 0. The van der Waals surface area contributed by atoms with Crippen molar-refractivity contribution in [2.75, 3.05) is 20.1 Å². The molecule has 1 aromatic rings. The average molecular weight is 594 g/mol. The van der Waals surface area contributed by atoms with Crippen LogP contribution in [-0.4, -0.2) is 54.1 Å². The molecule has 0 atom stereocenters. The zero-order valence-electron chi connectivity index (χ0n) is 14.8. The van der Waals surface area contributed by atoms with Gasteiger partial charge in [0, 0.05) is 6.54 Å². The van der Waals surface area contributed by atoms with Crippen LogP contribution in [0.15, 0.2) is 30.3 Å². The number of benzene rings is 1. The van der Waals surface area contributed by atoms with E-state index in [-0.39, 0.29) is 12.5 Å². The number of aliphatic carboxylic acids is 1. The van der Waals surface area contributed by atoms with Crippen LogP contribution in [0, 0.1) is 0 Å². The normalized spacial score (nSPS) is 9.96. The third kappa shape index (κ3) is 15.3. The van der Waals surface area contributed by atoms with Crippen molar-refractivity contribution in [3.8, 4) is 0 Å². The molecule has 0 bridgehead atoms. The zero-order valence-corrected chi connectivity index (χ0v) is 17.2. The van der Waals surface area contributed by atoms with Crippen LogP contribution < -0.4 is 5.32 Å². The van der Waals surface area contributed by atoms with Gasteiger partial charge in [0.25, 0.3) is 0 Å². The Balaban J connectivity index is 0. The summed E-state index contributed by atoms with van der Waals surface area (Å²) in [5, 5.41) is 9.65. The van der Waals surface area contributed by atoms with Gasteiger partial charge in [0.2, 0.25) is 0 Å². The number of hydrogen-bond donors (Lipinski definition) is 2. The van der Waals surface area contributed by atoms with Crippen molar-refractivity contribution in [2.45, 2.75) is 32.9 Å². The molecule has 0 saturated carbocycles. The molecule has 0 aliphatic heterocycles. The third-order valence-corrected chi connectivity index (χ3v) is 2.43. The van der Waals surface area contributed by atoms with Crippen LogP contribution in [0.3, 0.4) is 0 Å². The molecule has 0 fully saturated rings. The Morgan fingerprint density at radius 3 is 2.20 bits per heavy atom. The predicted molar refractivity (Wildman–Crippen MR) is 90.0 cm³/mol. The molecule has 0 aliphatic carbocycles. The maximum atomic E-state index is 11.6. The minimum Gasteiger partial charge on any atom is -0.521 e. The van der Waals surface area contributed by atoms with Gasteiger partial charge in [0.15, 0.2) is 0 Å². The predicted octanol–water partition coefficient (Wildman–Crippen LogP) is 1.19. The van der Waals surface area contributed by atoms with Crippen molar-refractivity contribution in [2.24, 2.45) is 0 Å². The van der Waals surface area contributed by atoms with E-state index in [1.807, 2.05) is 68.4 Å². The average Bonchev–Trinajstić information content (AvgIpc) is 2.44. The molecule has 1 amide bonds. The van der Waals surface area contributed by atoms with Crippen molar-refractivity contribution < 1.29 is 24.2 Å². The van der Waals surface area contributed by atoms with Crippen LogP contribution in [-0.2, 0) is 25.7 Å². The third-order valence-electron chi connectivity index (χ3n) is 2.43. The van der Waals surface area contributed by atoms with E-state index in [9.17, 15) is 14.4 Å². The van der Waals surface area contributed by atoms with Gasteiger partial charge in [-0.15, -0.1) is 0 Å². The molecular formula is C17H25FmN2O5-. The summed E-state index contributed by atoms with van der Waals surface area (Å²) in [6.45, 7) is 6.34. The SMILES string of the molecule is CN(CC(=O)OC(C)(C)C)Cc1ccccc1.O=[C-]NCC(=O)O.[Fm]. The fraction of sp³-hybridized carbons (Fsp3) is 0.471. The molecule has 146 valence electrons. The van der Waals surface area contributed by atoms with E-state index in [4.69, 9.17) is 9.84 Å². The topological polar surface area (TPSA) is 95.9 Å². The quantitative estimate of drug-likeness (QED) is 0.280. The van der Waals surface area contributed by atoms with Gasteiger partial charge in [-0.1, -0.05) is 30.3 Å². The van der Waals surface area contributed by atoms with E-state index in [1.54, 1.807) is 0 Å². The van der Waals surface area contributed by atoms with Crippen LogP contribution in [0.4, 0.5) is 0 Å². The Morgan fingerprint density at radius 1 is 1.24 bits per heavy atom. The van der Waals surface area contributed by atoms with Crippen molar-refractivity contribution >= 4 is 18.3 Å². The standard InChI is InChI=1S/C14H21NO2.C3H4NO3.Fm/c1-14(2,3)17-13(16)11-15(4)10-12-8-6-5-7-9-12;5-2-4-1-3(6)7;/h5-9H,10-11H2,1-4H3;1H2,(H,4,5)(H,6,7);/q;-1;. The molecular weight excluding hydrogens is 569 g/mol. The van der Waals surface area contributed by atoms with E-state index in [0.717, 1.165) is 6.54 Å². The summed E-state index contributed by atoms with van der Waals surface area (Å²) in [6.07, 6.45) is 1.22. The van der Waals surface area contributed by atoms with E-state index in [0.29, 0.717) is 6.54 Å². The van der Waals surface area contributed by atoms with E-state index in [1.165, 1.54) is 12.0 Å². The molecule has 8 heteroatoms. The number of nitrogens with one attached hydrogen (secondary N) is 1. The van der Waals surface area contributed by atoms with Crippen LogP contribution in [0.25, 0.3) is 0 Å². The molecule has 0 saturated heterocycles. The van der Waals surface area contributed by atoms with E-state index < -0.39 is 11.6 Å². The summed E-state index contributed by atoms with van der Waals surface area (Å²) in [5.74, 6) is -1.25. The number of ether oxygens (including phenoxy) is 1. The van der Waals surface area contributed by atoms with Crippen LogP contribution in [0.2, 0.25) is 0 Å². The summed E-state index contributed by atoms with van der Waals surface area (Å²) < 4.78 is 5.27. The summed E-state index contributed by atoms with van der Waals surface area (Å²) in [6, 6.07) is 10.1. The van der Waals surface area contributed by atoms with E-state index in [2.05, 4.69) is 0 Å². The molecule has 2 N–H and O–H groups in total. The molecule has 7 nitrogen and oxygen atoms in total. The number of carboxylic acids is 1. The second kappa shape index (κ2) is 12.1. The minimum absolute atomic E-state index is 0. The number of amides is 1. The zero-order chi connectivity index (χ0) is 18.6. The second-order valence-corrected chi connectivity index (χ2v) is 6.09. The van der Waals surface area contributed by atoms with E-state index >= 15 is 0 Å². The first-order chi connectivity index (χ1) is 11.1. The molecule has 0 aliphatic rings. The minimum atomic E-state index is -1.07. The number of carbonyl (C=O) groups excluding carboxylic acids is 2. The number of rotatable bonds is 7. The first-order valence-corrected chi connectivity index (χ1v) is 7.40. The molecule has 25 heavy (non-hydrogen) atoms. The first kappa shape index (κ1) is 23.9. The van der Waals surface area contributed by atoms with Crippen molar-refractivity contribution in [1.82, 2.24) is 10.2 Å². The molecule has 0 heterocycles. The Morgan fingerprint density at radius 2 is 1.80 bits per heavy atom. The second-order valence-electron chi connectivity index (χ2n) is 6.09. The summed E-state index contributed by atoms with van der Waals surface area (Å²) in [5.41, 5.74) is 0.781. The Bertz CT molecular complexity index is 518. The van der Waals surface area contributed by atoms with Gasteiger partial charge >= 0.3 is 11.9 Å². The van der Waals surface area contributed by atoms with Crippen molar-refractivity contribution in [3.63, 3.8) is 0 Å². The van der Waals surface area contributed by atoms with Crippen LogP contribution >= 0.6 is 0 Å². The Hall–Kier alpha value is -3.41. The molecule has 0 spiro atoms. The van der Waals surface area contributed by atoms with Gasteiger partial charge in [0.05, 0.1) is 13.1 Å². The smallest absolute Gasteiger partial charge is 0.320 e. The Labute approximate surface area is 142 Å². The molecule has 1 rings (SSSR count). The van der Waals surface area contributed by atoms with Gasteiger partial charge in [-0.25, -0.2) is 0 Å². The molecule has 0 unspecified atom stereocenters. The summed E-state index contributed by atoms with van der Waals surface area (Å²) in [7, 11) is 1.91.